The molecule has 0 spiro atoms. The van der Waals surface area contributed by atoms with Crippen molar-refractivity contribution in [1.82, 2.24) is 14.8 Å². The van der Waals surface area contributed by atoms with Crippen LogP contribution >= 0.6 is 15.9 Å². The number of hydrogen-bond acceptors (Lipinski definition) is 3. The van der Waals surface area contributed by atoms with Crippen LogP contribution in [0, 0.1) is 0 Å². The summed E-state index contributed by atoms with van der Waals surface area (Å²) >= 11 is 3.27. The van der Waals surface area contributed by atoms with Crippen molar-refractivity contribution in [3.8, 4) is 11.4 Å². The van der Waals surface area contributed by atoms with Gasteiger partial charge in [-0.15, -0.1) is 0 Å². The molecule has 0 aliphatic carbocycles. The van der Waals surface area contributed by atoms with Gasteiger partial charge in [-0.3, -0.25) is 0 Å². The number of hydrogen-bond donors (Lipinski definition) is 2. The maximum absolute atomic E-state index is 11.4. The molecule has 0 saturated heterocycles. The Morgan fingerprint density at radius 3 is 2.44 bits per heavy atom. The van der Waals surface area contributed by atoms with Gasteiger partial charge in [0, 0.05) is 10.5 Å². The van der Waals surface area contributed by atoms with Crippen molar-refractivity contribution >= 4 is 15.9 Å². The Bertz CT molecular complexity index is 598. The highest BCUT2D eigenvalue weighted by molar-refractivity contribution is 9.10. The van der Waals surface area contributed by atoms with Gasteiger partial charge in [-0.05, 0) is 28.1 Å². The summed E-state index contributed by atoms with van der Waals surface area (Å²) in [5, 5.41) is 4.42. The highest BCUT2D eigenvalue weighted by Gasteiger charge is 2.10. The van der Waals surface area contributed by atoms with Crippen molar-refractivity contribution in [2.75, 3.05) is 7.11 Å². The topological polar surface area (TPSA) is 79.9 Å². The first kappa shape index (κ1) is 10.7. The molecule has 2 aromatic rings. The molecule has 0 unspecified atom stereocenters. The van der Waals surface area contributed by atoms with E-state index in [0.29, 0.717) is 15.9 Å². The fraction of sp³-hybridized carbons (Fsp3) is 0.111. The molecule has 6 nitrogen and oxygen atoms in total. The van der Waals surface area contributed by atoms with E-state index in [2.05, 4.69) is 26.1 Å². The summed E-state index contributed by atoms with van der Waals surface area (Å²) in [7, 11) is 1.51. The average molecular weight is 286 g/mol. The van der Waals surface area contributed by atoms with E-state index in [9.17, 15) is 9.59 Å². The minimum atomic E-state index is -0.529. The number of rotatable bonds is 2. The zero-order valence-corrected chi connectivity index (χ0v) is 9.87. The lowest BCUT2D eigenvalue weighted by Gasteiger charge is -2.05. The summed E-state index contributed by atoms with van der Waals surface area (Å²) in [6.07, 6.45) is 0. The Hall–Kier alpha value is -1.76. The number of aromatic amines is 2. The van der Waals surface area contributed by atoms with Crippen molar-refractivity contribution < 1.29 is 4.74 Å². The van der Waals surface area contributed by atoms with Crippen molar-refractivity contribution in [2.45, 2.75) is 0 Å². The Balaban J connectivity index is 2.73. The van der Waals surface area contributed by atoms with Gasteiger partial charge < -0.3 is 4.74 Å². The van der Waals surface area contributed by atoms with Gasteiger partial charge in [-0.25, -0.2) is 24.4 Å². The van der Waals surface area contributed by atoms with Gasteiger partial charge in [0.05, 0.1) is 12.8 Å². The number of nitrogens with one attached hydrogen (secondary N) is 2. The predicted octanol–water partition coefficient (Wildman–Crippen LogP) is 0.625. The van der Waals surface area contributed by atoms with E-state index in [1.165, 1.54) is 7.11 Å². The molecule has 2 rings (SSSR count). The molecule has 1 aromatic carbocycles. The molecule has 2 N–H and O–H groups in total. The van der Waals surface area contributed by atoms with E-state index < -0.39 is 11.4 Å². The van der Waals surface area contributed by atoms with Crippen LogP contribution in [0.25, 0.3) is 5.69 Å². The van der Waals surface area contributed by atoms with Gasteiger partial charge in [0.25, 0.3) is 0 Å². The van der Waals surface area contributed by atoms with Crippen LogP contribution < -0.4 is 16.1 Å². The van der Waals surface area contributed by atoms with Crippen LogP contribution in [0.1, 0.15) is 0 Å². The second kappa shape index (κ2) is 4.01. The van der Waals surface area contributed by atoms with Crippen LogP contribution in [-0.4, -0.2) is 21.9 Å². The molecule has 0 atom stereocenters. The normalized spacial score (nSPS) is 10.4. The Labute approximate surface area is 98.0 Å². The van der Waals surface area contributed by atoms with Gasteiger partial charge in [-0.1, -0.05) is 0 Å². The summed E-state index contributed by atoms with van der Waals surface area (Å²) < 4.78 is 6.63. The fourth-order valence-corrected chi connectivity index (χ4v) is 1.74. The van der Waals surface area contributed by atoms with Crippen LogP contribution in [0.5, 0.6) is 5.75 Å². The molecular weight excluding hydrogens is 278 g/mol. The van der Waals surface area contributed by atoms with Crippen LogP contribution in [0.3, 0.4) is 0 Å². The molecule has 0 bridgehead atoms. The van der Waals surface area contributed by atoms with E-state index in [0.717, 1.165) is 4.57 Å². The van der Waals surface area contributed by atoms with Crippen molar-refractivity contribution in [3.05, 3.63) is 43.6 Å². The summed E-state index contributed by atoms with van der Waals surface area (Å²) in [5.74, 6) is 0.561. The molecule has 0 aliphatic heterocycles. The second-order valence-electron chi connectivity index (χ2n) is 3.01. The van der Waals surface area contributed by atoms with Gasteiger partial charge in [0.2, 0.25) is 0 Å². The third-order valence-electron chi connectivity index (χ3n) is 2.08. The minimum absolute atomic E-state index is 0.423. The minimum Gasteiger partial charge on any atom is -0.497 e. The maximum atomic E-state index is 11.4. The van der Waals surface area contributed by atoms with E-state index in [1.54, 1.807) is 18.2 Å². The second-order valence-corrected chi connectivity index (χ2v) is 3.87. The number of H-pyrrole nitrogens is 2. The Kier molecular flexibility index (Phi) is 2.69. The number of ether oxygens (including phenoxy) is 1. The number of methoxy groups -OCH3 is 1. The average Bonchev–Trinajstić information content (AvgIpc) is 2.60. The monoisotopic (exact) mass is 285 g/mol. The Morgan fingerprint density at radius 1 is 1.25 bits per heavy atom. The van der Waals surface area contributed by atoms with Gasteiger partial charge in [0.1, 0.15) is 5.75 Å². The standard InChI is InChI=1S/C9H8BrN3O3/c1-16-5-2-3-6(10)7(4-5)13-8(14)11-12-9(13)15/h2-4H,1H3,(H,11,14)(H,12,15). The first-order valence-electron chi connectivity index (χ1n) is 4.37. The largest absolute Gasteiger partial charge is 0.497 e. The molecule has 7 heteroatoms. The Morgan fingerprint density at radius 2 is 1.88 bits per heavy atom. The van der Waals surface area contributed by atoms with Gasteiger partial charge >= 0.3 is 11.4 Å². The van der Waals surface area contributed by atoms with Crippen molar-refractivity contribution in [1.29, 1.82) is 0 Å². The molecule has 1 aromatic heterocycles. The van der Waals surface area contributed by atoms with E-state index in [-0.39, 0.29) is 0 Å². The maximum Gasteiger partial charge on any atom is 0.349 e. The molecule has 0 aliphatic rings. The quantitative estimate of drug-likeness (QED) is 0.849. The lowest BCUT2D eigenvalue weighted by molar-refractivity contribution is 0.414. The van der Waals surface area contributed by atoms with Crippen LogP contribution in [-0.2, 0) is 0 Å². The lowest BCUT2D eigenvalue weighted by Crippen LogP contribution is -2.24. The van der Waals surface area contributed by atoms with Crippen LogP contribution in [0.2, 0.25) is 0 Å². The molecule has 0 radical (unpaired) electrons. The fourth-order valence-electron chi connectivity index (χ4n) is 1.32. The smallest absolute Gasteiger partial charge is 0.349 e. The van der Waals surface area contributed by atoms with E-state index >= 15 is 0 Å². The number of halogens is 1. The number of nitrogens with zero attached hydrogens (tertiary/aromatic N) is 1. The number of aromatic nitrogens is 3. The molecule has 0 saturated carbocycles. The van der Waals surface area contributed by atoms with Crippen LogP contribution in [0.4, 0.5) is 0 Å². The van der Waals surface area contributed by atoms with E-state index in [4.69, 9.17) is 4.74 Å². The zero-order valence-electron chi connectivity index (χ0n) is 8.28. The zero-order chi connectivity index (χ0) is 11.7. The summed E-state index contributed by atoms with van der Waals surface area (Å²) in [5.41, 5.74) is -0.634. The highest BCUT2D eigenvalue weighted by atomic mass is 79.9. The lowest BCUT2D eigenvalue weighted by atomic mass is 10.3. The molecule has 0 fully saturated rings. The van der Waals surface area contributed by atoms with Gasteiger partial charge in [0.15, 0.2) is 0 Å². The molecule has 16 heavy (non-hydrogen) atoms. The first-order valence-corrected chi connectivity index (χ1v) is 5.16. The SMILES string of the molecule is COc1ccc(Br)c(-n2c(=O)[nH][nH]c2=O)c1. The molecule has 1 heterocycles. The first-order chi connectivity index (χ1) is 7.63. The third kappa shape index (κ3) is 1.69. The van der Waals surface area contributed by atoms with Crippen molar-refractivity contribution in [3.63, 3.8) is 0 Å². The van der Waals surface area contributed by atoms with Crippen LogP contribution in [0.15, 0.2) is 32.3 Å². The summed E-state index contributed by atoms with van der Waals surface area (Å²) in [6.45, 7) is 0. The predicted molar refractivity (Wildman–Crippen MR) is 61.3 cm³/mol. The van der Waals surface area contributed by atoms with Crippen molar-refractivity contribution in [2.24, 2.45) is 0 Å². The van der Waals surface area contributed by atoms with Gasteiger partial charge in [-0.2, -0.15) is 0 Å². The number of benzene rings is 1. The molecular formula is C9H8BrN3O3. The summed E-state index contributed by atoms with van der Waals surface area (Å²) in [4.78, 5) is 22.8. The third-order valence-corrected chi connectivity index (χ3v) is 2.75. The molecule has 0 amide bonds. The van der Waals surface area contributed by atoms with E-state index in [1.807, 2.05) is 0 Å². The molecule has 84 valence electrons. The summed E-state index contributed by atoms with van der Waals surface area (Å²) in [6, 6.07) is 5.01. The highest BCUT2D eigenvalue weighted by Crippen LogP contribution is 2.23.